The summed E-state index contributed by atoms with van der Waals surface area (Å²) >= 11 is 0. The number of hydrogen-bond acceptors (Lipinski definition) is 3. The number of likely N-dealkylation sites (tertiary alicyclic amines) is 1. The van der Waals surface area contributed by atoms with Crippen molar-refractivity contribution in [1.29, 1.82) is 0 Å². The van der Waals surface area contributed by atoms with Crippen LogP contribution in [-0.2, 0) is 6.54 Å². The van der Waals surface area contributed by atoms with Crippen LogP contribution in [0.3, 0.4) is 0 Å². The fourth-order valence-corrected chi connectivity index (χ4v) is 3.37. The molecule has 0 aliphatic carbocycles. The van der Waals surface area contributed by atoms with E-state index in [0.717, 1.165) is 42.7 Å². The van der Waals surface area contributed by atoms with Gasteiger partial charge < -0.3 is 14.8 Å². The lowest BCUT2D eigenvalue weighted by molar-refractivity contribution is 0.172. The first-order valence-corrected chi connectivity index (χ1v) is 8.65. The zero-order valence-corrected chi connectivity index (χ0v) is 14.0. The molecule has 0 radical (unpaired) electrons. The summed E-state index contributed by atoms with van der Waals surface area (Å²) in [5, 5.41) is 3.00. The third-order valence-electron chi connectivity index (χ3n) is 4.76. The number of imidazole rings is 1. The first kappa shape index (κ1) is 15.6. The largest absolute Gasteiger partial charge is 0.334 e. The predicted molar refractivity (Wildman–Crippen MR) is 96.0 cm³/mol. The molecule has 2 aromatic heterocycles. The fourth-order valence-electron chi connectivity index (χ4n) is 3.37. The summed E-state index contributed by atoms with van der Waals surface area (Å²) in [7, 11) is 0. The summed E-state index contributed by atoms with van der Waals surface area (Å²) in [6.45, 7) is 2.06. The van der Waals surface area contributed by atoms with E-state index >= 15 is 0 Å². The Kier molecular flexibility index (Phi) is 4.33. The lowest BCUT2D eigenvalue weighted by Crippen LogP contribution is -2.44. The molecule has 0 atom stereocenters. The molecule has 1 saturated heterocycles. The minimum Gasteiger partial charge on any atom is -0.334 e. The first-order valence-electron chi connectivity index (χ1n) is 8.65. The van der Waals surface area contributed by atoms with Gasteiger partial charge in [-0.05, 0) is 30.5 Å². The molecular formula is C19H21N5O. The summed E-state index contributed by atoms with van der Waals surface area (Å²) in [6.07, 6.45) is 5.50. The molecule has 4 rings (SSSR count). The number of amides is 2. The number of aromatic nitrogens is 3. The van der Waals surface area contributed by atoms with Crippen LogP contribution >= 0.6 is 0 Å². The topological polar surface area (TPSA) is 63.1 Å². The molecule has 0 spiro atoms. The smallest absolute Gasteiger partial charge is 0.317 e. The van der Waals surface area contributed by atoms with Crippen molar-refractivity contribution in [3.8, 4) is 0 Å². The summed E-state index contributed by atoms with van der Waals surface area (Å²) in [5.74, 6) is 0. The van der Waals surface area contributed by atoms with E-state index in [1.165, 1.54) is 0 Å². The van der Waals surface area contributed by atoms with Crippen LogP contribution in [0.2, 0.25) is 0 Å². The summed E-state index contributed by atoms with van der Waals surface area (Å²) in [6, 6.07) is 14.2. The molecule has 0 unspecified atom stereocenters. The van der Waals surface area contributed by atoms with E-state index in [1.54, 1.807) is 6.20 Å². The van der Waals surface area contributed by atoms with Crippen molar-refractivity contribution in [2.45, 2.75) is 25.4 Å². The van der Waals surface area contributed by atoms with Gasteiger partial charge in [-0.25, -0.2) is 14.8 Å². The Balaban J connectivity index is 1.34. The second-order valence-corrected chi connectivity index (χ2v) is 6.36. The van der Waals surface area contributed by atoms with Gasteiger partial charge >= 0.3 is 6.03 Å². The third-order valence-corrected chi connectivity index (χ3v) is 4.76. The van der Waals surface area contributed by atoms with E-state index in [1.807, 2.05) is 53.7 Å². The molecule has 6 heteroatoms. The fraction of sp³-hybridized carbons (Fsp3) is 0.316. The number of carbonyl (C=O) groups excluding carboxylic acids is 1. The quantitative estimate of drug-likeness (QED) is 0.800. The average Bonchev–Trinajstić information content (AvgIpc) is 3.11. The van der Waals surface area contributed by atoms with Gasteiger partial charge in [-0.3, -0.25) is 0 Å². The highest BCUT2D eigenvalue weighted by Crippen LogP contribution is 2.25. The SMILES string of the molecule is O=C(NCc1ccccc1)N1CCC(n2cnc3cccnc32)CC1. The van der Waals surface area contributed by atoms with Crippen LogP contribution in [0, 0.1) is 0 Å². The van der Waals surface area contributed by atoms with Gasteiger partial charge in [0.25, 0.3) is 0 Å². The van der Waals surface area contributed by atoms with Crippen LogP contribution in [0.1, 0.15) is 24.4 Å². The van der Waals surface area contributed by atoms with Crippen LogP contribution in [0.5, 0.6) is 0 Å². The maximum Gasteiger partial charge on any atom is 0.317 e. The predicted octanol–water partition coefficient (Wildman–Crippen LogP) is 2.98. The first-order chi connectivity index (χ1) is 12.3. The molecule has 1 fully saturated rings. The molecule has 0 saturated carbocycles. The maximum atomic E-state index is 12.4. The van der Waals surface area contributed by atoms with Crippen molar-refractivity contribution in [3.05, 3.63) is 60.6 Å². The molecule has 1 N–H and O–H groups in total. The van der Waals surface area contributed by atoms with Crippen LogP contribution in [0.15, 0.2) is 55.0 Å². The Bertz CT molecular complexity index is 852. The van der Waals surface area contributed by atoms with Gasteiger partial charge in [-0.1, -0.05) is 30.3 Å². The molecule has 0 bridgehead atoms. The molecular weight excluding hydrogens is 314 g/mol. The second-order valence-electron chi connectivity index (χ2n) is 6.36. The number of benzene rings is 1. The standard InChI is InChI=1S/C19H21N5O/c25-19(21-13-15-5-2-1-3-6-15)23-11-8-16(9-12-23)24-14-22-17-7-4-10-20-18(17)24/h1-7,10,14,16H,8-9,11-13H2,(H,21,25). The van der Waals surface area contributed by atoms with Crippen LogP contribution < -0.4 is 5.32 Å². The van der Waals surface area contributed by atoms with Gasteiger partial charge in [0, 0.05) is 31.9 Å². The van der Waals surface area contributed by atoms with Crippen LogP contribution in [0.4, 0.5) is 4.79 Å². The molecule has 2 amide bonds. The van der Waals surface area contributed by atoms with E-state index < -0.39 is 0 Å². The monoisotopic (exact) mass is 335 g/mol. The van der Waals surface area contributed by atoms with Crippen LogP contribution in [-0.4, -0.2) is 38.6 Å². The molecule has 6 nitrogen and oxygen atoms in total. The van der Waals surface area contributed by atoms with E-state index in [2.05, 4.69) is 19.9 Å². The number of nitrogens with zero attached hydrogens (tertiary/aromatic N) is 4. The number of piperidine rings is 1. The highest BCUT2D eigenvalue weighted by atomic mass is 16.2. The lowest BCUT2D eigenvalue weighted by Gasteiger charge is -2.32. The van der Waals surface area contributed by atoms with Gasteiger partial charge in [0.15, 0.2) is 5.65 Å². The van der Waals surface area contributed by atoms with Gasteiger partial charge in [-0.15, -0.1) is 0 Å². The Morgan fingerprint density at radius 1 is 1.08 bits per heavy atom. The number of carbonyl (C=O) groups is 1. The molecule has 3 heterocycles. The summed E-state index contributed by atoms with van der Waals surface area (Å²) in [4.78, 5) is 23.1. The molecule has 3 aromatic rings. The molecule has 128 valence electrons. The van der Waals surface area contributed by atoms with Gasteiger partial charge in [0.2, 0.25) is 0 Å². The van der Waals surface area contributed by atoms with Crippen molar-refractivity contribution in [2.75, 3.05) is 13.1 Å². The Labute approximate surface area is 146 Å². The Hall–Kier alpha value is -2.89. The van der Waals surface area contributed by atoms with E-state index in [9.17, 15) is 4.79 Å². The Morgan fingerprint density at radius 2 is 1.88 bits per heavy atom. The summed E-state index contributed by atoms with van der Waals surface area (Å²) < 4.78 is 2.15. The van der Waals surface area contributed by atoms with Crippen molar-refractivity contribution in [3.63, 3.8) is 0 Å². The highest BCUT2D eigenvalue weighted by molar-refractivity contribution is 5.74. The molecule has 1 aliphatic heterocycles. The zero-order valence-electron chi connectivity index (χ0n) is 14.0. The Morgan fingerprint density at radius 3 is 2.68 bits per heavy atom. The molecule has 25 heavy (non-hydrogen) atoms. The minimum atomic E-state index is 0.0101. The average molecular weight is 335 g/mol. The highest BCUT2D eigenvalue weighted by Gasteiger charge is 2.24. The van der Waals surface area contributed by atoms with E-state index in [0.29, 0.717) is 12.6 Å². The number of urea groups is 1. The van der Waals surface area contributed by atoms with Gasteiger partial charge in [0.05, 0.1) is 6.33 Å². The molecule has 1 aromatic carbocycles. The minimum absolute atomic E-state index is 0.0101. The third kappa shape index (κ3) is 3.33. The van der Waals surface area contributed by atoms with Crippen LogP contribution in [0.25, 0.3) is 11.2 Å². The maximum absolute atomic E-state index is 12.4. The number of fused-ring (bicyclic) bond motifs is 1. The molecule has 1 aliphatic rings. The lowest BCUT2D eigenvalue weighted by atomic mass is 10.1. The van der Waals surface area contributed by atoms with Crippen molar-refractivity contribution < 1.29 is 4.79 Å². The zero-order chi connectivity index (χ0) is 17.1. The van der Waals surface area contributed by atoms with Crippen molar-refractivity contribution in [1.82, 2.24) is 24.8 Å². The van der Waals surface area contributed by atoms with Gasteiger partial charge in [-0.2, -0.15) is 0 Å². The normalized spacial score (nSPS) is 15.4. The van der Waals surface area contributed by atoms with E-state index in [-0.39, 0.29) is 6.03 Å². The van der Waals surface area contributed by atoms with Crippen molar-refractivity contribution >= 4 is 17.2 Å². The van der Waals surface area contributed by atoms with E-state index in [4.69, 9.17) is 0 Å². The number of rotatable bonds is 3. The number of hydrogen-bond donors (Lipinski definition) is 1. The number of pyridine rings is 1. The van der Waals surface area contributed by atoms with Gasteiger partial charge in [0.1, 0.15) is 5.52 Å². The summed E-state index contributed by atoms with van der Waals surface area (Å²) in [5.41, 5.74) is 2.96. The second kappa shape index (κ2) is 6.93. The van der Waals surface area contributed by atoms with Crippen molar-refractivity contribution in [2.24, 2.45) is 0 Å². The number of nitrogens with one attached hydrogen (secondary N) is 1.